The van der Waals surface area contributed by atoms with Crippen LogP contribution in [0.2, 0.25) is 0 Å². The molecule has 0 bridgehead atoms. The van der Waals surface area contributed by atoms with E-state index in [1.54, 1.807) is 13.8 Å². The molecule has 0 aliphatic heterocycles. The quantitative estimate of drug-likeness (QED) is 0.923. The first-order valence-corrected chi connectivity index (χ1v) is 6.12. The topological polar surface area (TPSA) is 42.7 Å². The predicted octanol–water partition coefficient (Wildman–Crippen LogP) is 2.27. The van der Waals surface area contributed by atoms with Crippen LogP contribution < -0.4 is 5.32 Å². The SMILES string of the molecule is CCNCc1cc(F)c(-n2nc(C)nc2C)c(F)c1. The van der Waals surface area contributed by atoms with Crippen LogP contribution in [0.25, 0.3) is 5.69 Å². The lowest BCUT2D eigenvalue weighted by molar-refractivity contribution is 0.551. The summed E-state index contributed by atoms with van der Waals surface area (Å²) in [5.74, 6) is -0.343. The Hall–Kier alpha value is -1.82. The van der Waals surface area contributed by atoms with Crippen LogP contribution in [0.1, 0.15) is 24.1 Å². The number of hydrogen-bond donors (Lipinski definition) is 1. The summed E-state index contributed by atoms with van der Waals surface area (Å²) in [5, 5.41) is 7.03. The zero-order valence-corrected chi connectivity index (χ0v) is 11.2. The highest BCUT2D eigenvalue weighted by Crippen LogP contribution is 2.20. The van der Waals surface area contributed by atoms with Gasteiger partial charge in [-0.25, -0.2) is 18.4 Å². The van der Waals surface area contributed by atoms with Gasteiger partial charge in [0, 0.05) is 6.54 Å². The van der Waals surface area contributed by atoms with Crippen molar-refractivity contribution < 1.29 is 8.78 Å². The molecule has 0 radical (unpaired) electrons. The number of nitrogens with zero attached hydrogens (tertiary/aromatic N) is 3. The van der Waals surface area contributed by atoms with Crippen molar-refractivity contribution in [1.82, 2.24) is 20.1 Å². The van der Waals surface area contributed by atoms with Gasteiger partial charge in [0.05, 0.1) is 0 Å². The fourth-order valence-corrected chi connectivity index (χ4v) is 1.92. The molecular weight excluding hydrogens is 250 g/mol. The molecule has 1 aromatic heterocycles. The van der Waals surface area contributed by atoms with Crippen molar-refractivity contribution in [3.63, 3.8) is 0 Å². The molecule has 4 nitrogen and oxygen atoms in total. The molecule has 1 aromatic carbocycles. The smallest absolute Gasteiger partial charge is 0.152 e. The van der Waals surface area contributed by atoms with Crippen molar-refractivity contribution in [1.29, 1.82) is 0 Å². The Bertz CT molecular complexity index is 569. The minimum Gasteiger partial charge on any atom is -0.313 e. The Balaban J connectivity index is 2.44. The number of aryl methyl sites for hydroxylation is 2. The Kier molecular flexibility index (Phi) is 3.90. The van der Waals surface area contributed by atoms with E-state index in [0.29, 0.717) is 23.8 Å². The van der Waals surface area contributed by atoms with Crippen molar-refractivity contribution in [2.75, 3.05) is 6.54 Å². The molecule has 0 spiro atoms. The molecule has 0 unspecified atom stereocenters. The molecule has 0 aliphatic rings. The van der Waals surface area contributed by atoms with Gasteiger partial charge in [-0.2, -0.15) is 5.10 Å². The highest BCUT2D eigenvalue weighted by Gasteiger charge is 2.16. The number of rotatable bonds is 4. The molecule has 102 valence electrons. The summed E-state index contributed by atoms with van der Waals surface area (Å²) < 4.78 is 29.3. The molecule has 1 heterocycles. The predicted molar refractivity (Wildman–Crippen MR) is 68.1 cm³/mol. The summed E-state index contributed by atoms with van der Waals surface area (Å²) in [6, 6.07) is 2.63. The number of benzene rings is 1. The maximum absolute atomic E-state index is 14.1. The fourth-order valence-electron chi connectivity index (χ4n) is 1.92. The summed E-state index contributed by atoms with van der Waals surface area (Å²) in [6.07, 6.45) is 0. The van der Waals surface area contributed by atoms with Crippen LogP contribution in [0, 0.1) is 25.5 Å². The molecule has 1 N–H and O–H groups in total. The normalized spacial score (nSPS) is 11.0. The average molecular weight is 266 g/mol. The van der Waals surface area contributed by atoms with Gasteiger partial charge < -0.3 is 5.32 Å². The lowest BCUT2D eigenvalue weighted by atomic mass is 10.2. The second-order valence-corrected chi connectivity index (χ2v) is 4.31. The molecule has 0 amide bonds. The third-order valence-corrected chi connectivity index (χ3v) is 2.74. The Labute approximate surface area is 110 Å². The molecular formula is C13H16F2N4. The van der Waals surface area contributed by atoms with Crippen molar-refractivity contribution in [2.24, 2.45) is 0 Å². The van der Waals surface area contributed by atoms with Crippen LogP contribution in [0.15, 0.2) is 12.1 Å². The molecule has 0 atom stereocenters. The van der Waals surface area contributed by atoms with E-state index in [2.05, 4.69) is 15.4 Å². The van der Waals surface area contributed by atoms with E-state index in [1.165, 1.54) is 16.8 Å². The molecule has 0 saturated heterocycles. The van der Waals surface area contributed by atoms with Gasteiger partial charge in [-0.1, -0.05) is 6.92 Å². The standard InChI is InChI=1S/C13H16F2N4/c1-4-16-7-10-5-11(14)13(12(15)6-10)19-9(3)17-8(2)18-19/h5-6,16H,4,7H2,1-3H3. The van der Waals surface area contributed by atoms with Crippen molar-refractivity contribution in [3.8, 4) is 5.69 Å². The van der Waals surface area contributed by atoms with Gasteiger partial charge in [0.2, 0.25) is 0 Å². The van der Waals surface area contributed by atoms with E-state index in [1.807, 2.05) is 6.92 Å². The highest BCUT2D eigenvalue weighted by atomic mass is 19.1. The first kappa shape index (κ1) is 13.6. The Morgan fingerprint density at radius 3 is 2.32 bits per heavy atom. The molecule has 0 saturated carbocycles. The van der Waals surface area contributed by atoms with Crippen LogP contribution in [-0.4, -0.2) is 21.3 Å². The van der Waals surface area contributed by atoms with Crippen LogP contribution in [-0.2, 0) is 6.54 Å². The molecule has 2 aromatic rings. The van der Waals surface area contributed by atoms with E-state index in [4.69, 9.17) is 0 Å². The lowest BCUT2D eigenvalue weighted by Crippen LogP contribution is -2.13. The largest absolute Gasteiger partial charge is 0.313 e. The average Bonchev–Trinajstić information content (AvgIpc) is 2.65. The number of halogens is 2. The van der Waals surface area contributed by atoms with Crippen molar-refractivity contribution in [3.05, 3.63) is 41.0 Å². The Morgan fingerprint density at radius 1 is 1.21 bits per heavy atom. The summed E-state index contributed by atoms with van der Waals surface area (Å²) in [5.41, 5.74) is 0.383. The van der Waals surface area contributed by atoms with Crippen LogP contribution in [0.3, 0.4) is 0 Å². The second-order valence-electron chi connectivity index (χ2n) is 4.31. The fraction of sp³-hybridized carbons (Fsp3) is 0.385. The van der Waals surface area contributed by atoms with Gasteiger partial charge in [-0.3, -0.25) is 0 Å². The van der Waals surface area contributed by atoms with Gasteiger partial charge in [-0.15, -0.1) is 0 Å². The van der Waals surface area contributed by atoms with E-state index in [0.717, 1.165) is 6.54 Å². The molecule has 2 rings (SSSR count). The summed E-state index contributed by atoms with van der Waals surface area (Å²) in [4.78, 5) is 4.05. The monoisotopic (exact) mass is 266 g/mol. The Morgan fingerprint density at radius 2 is 1.84 bits per heavy atom. The van der Waals surface area contributed by atoms with E-state index >= 15 is 0 Å². The van der Waals surface area contributed by atoms with Gasteiger partial charge in [-0.05, 0) is 38.1 Å². The first-order valence-electron chi connectivity index (χ1n) is 6.12. The molecule has 6 heteroatoms. The molecule has 0 aliphatic carbocycles. The zero-order valence-electron chi connectivity index (χ0n) is 11.2. The maximum Gasteiger partial charge on any atom is 0.152 e. The second kappa shape index (κ2) is 5.44. The van der Waals surface area contributed by atoms with Crippen LogP contribution >= 0.6 is 0 Å². The number of aromatic nitrogens is 3. The minimum atomic E-state index is -0.638. The highest BCUT2D eigenvalue weighted by molar-refractivity contribution is 5.38. The van der Waals surface area contributed by atoms with Crippen molar-refractivity contribution >= 4 is 0 Å². The number of hydrogen-bond acceptors (Lipinski definition) is 3. The molecule has 19 heavy (non-hydrogen) atoms. The first-order chi connectivity index (χ1) is 9.02. The third kappa shape index (κ3) is 2.78. The van der Waals surface area contributed by atoms with Gasteiger partial charge in [0.25, 0.3) is 0 Å². The number of nitrogens with one attached hydrogen (secondary N) is 1. The van der Waals surface area contributed by atoms with E-state index < -0.39 is 11.6 Å². The minimum absolute atomic E-state index is 0.182. The third-order valence-electron chi connectivity index (χ3n) is 2.74. The molecule has 0 fully saturated rings. The zero-order chi connectivity index (χ0) is 14.0. The van der Waals surface area contributed by atoms with Crippen LogP contribution in [0.5, 0.6) is 0 Å². The van der Waals surface area contributed by atoms with E-state index in [-0.39, 0.29) is 5.69 Å². The van der Waals surface area contributed by atoms with Crippen LogP contribution in [0.4, 0.5) is 8.78 Å². The summed E-state index contributed by atoms with van der Waals surface area (Å²) >= 11 is 0. The van der Waals surface area contributed by atoms with E-state index in [9.17, 15) is 8.78 Å². The van der Waals surface area contributed by atoms with Crippen molar-refractivity contribution in [2.45, 2.75) is 27.3 Å². The van der Waals surface area contributed by atoms with Gasteiger partial charge in [0.15, 0.2) is 11.6 Å². The van der Waals surface area contributed by atoms with Gasteiger partial charge in [0.1, 0.15) is 17.3 Å². The van der Waals surface area contributed by atoms with Gasteiger partial charge >= 0.3 is 0 Å². The lowest BCUT2D eigenvalue weighted by Gasteiger charge is -2.09. The maximum atomic E-state index is 14.1. The summed E-state index contributed by atoms with van der Waals surface area (Å²) in [6.45, 7) is 6.44. The summed E-state index contributed by atoms with van der Waals surface area (Å²) in [7, 11) is 0.